The molecule has 1 saturated heterocycles. The van der Waals surface area contributed by atoms with E-state index >= 15 is 0 Å². The summed E-state index contributed by atoms with van der Waals surface area (Å²) >= 11 is 0. The zero-order valence-electron chi connectivity index (χ0n) is 18.5. The largest absolute Gasteiger partial charge is 0.497 e. The number of benzene rings is 2. The second-order valence-corrected chi connectivity index (χ2v) is 8.08. The lowest BCUT2D eigenvalue weighted by molar-refractivity contribution is -0.137. The Morgan fingerprint density at radius 2 is 1.42 bits per heavy atom. The number of nitrogens with zero attached hydrogens (tertiary/aromatic N) is 2. The topological polar surface area (TPSA) is 60.6 Å². The molecule has 0 atom stereocenters. The predicted octanol–water partition coefficient (Wildman–Crippen LogP) is 5.38. The van der Waals surface area contributed by atoms with Crippen LogP contribution >= 0.6 is 0 Å². The SMILES string of the molecule is COc1cc(OC)cc(-c2cncc(-c3ccc(C(F)(F)F)cc3)c2N2CCC(N)CC2)c1. The van der Waals surface area contributed by atoms with E-state index in [9.17, 15) is 13.2 Å². The summed E-state index contributed by atoms with van der Waals surface area (Å²) in [5.41, 5.74) is 9.47. The van der Waals surface area contributed by atoms with Crippen LogP contribution in [0.15, 0.2) is 54.9 Å². The maximum absolute atomic E-state index is 13.1. The van der Waals surface area contributed by atoms with Gasteiger partial charge in [0.1, 0.15) is 11.5 Å². The Hall–Kier alpha value is -3.26. The molecule has 2 N–H and O–H groups in total. The van der Waals surface area contributed by atoms with Crippen molar-refractivity contribution in [3.05, 3.63) is 60.4 Å². The molecule has 174 valence electrons. The first-order chi connectivity index (χ1) is 15.8. The van der Waals surface area contributed by atoms with Gasteiger partial charge in [0.05, 0.1) is 25.5 Å². The van der Waals surface area contributed by atoms with Crippen molar-refractivity contribution in [1.82, 2.24) is 4.98 Å². The van der Waals surface area contributed by atoms with Crippen LogP contribution in [0.1, 0.15) is 18.4 Å². The average molecular weight is 457 g/mol. The molecule has 8 heteroatoms. The van der Waals surface area contributed by atoms with Gasteiger partial charge in [-0.3, -0.25) is 4.98 Å². The zero-order chi connectivity index (χ0) is 23.6. The van der Waals surface area contributed by atoms with Gasteiger partial charge in [0.25, 0.3) is 0 Å². The lowest BCUT2D eigenvalue weighted by Crippen LogP contribution is -2.40. The number of halogens is 3. The van der Waals surface area contributed by atoms with Crippen LogP contribution < -0.4 is 20.1 Å². The molecule has 1 aliphatic heterocycles. The first-order valence-corrected chi connectivity index (χ1v) is 10.7. The fraction of sp³-hybridized carbons (Fsp3) is 0.320. The van der Waals surface area contributed by atoms with E-state index in [-0.39, 0.29) is 6.04 Å². The molecular formula is C25H26F3N3O2. The summed E-state index contributed by atoms with van der Waals surface area (Å²) in [6.07, 6.45) is 0.742. The quantitative estimate of drug-likeness (QED) is 0.558. The smallest absolute Gasteiger partial charge is 0.416 e. The van der Waals surface area contributed by atoms with E-state index in [1.165, 1.54) is 12.1 Å². The van der Waals surface area contributed by atoms with Crippen molar-refractivity contribution in [2.45, 2.75) is 25.1 Å². The van der Waals surface area contributed by atoms with Gasteiger partial charge in [0, 0.05) is 48.7 Å². The minimum Gasteiger partial charge on any atom is -0.497 e. The number of hydrogen-bond acceptors (Lipinski definition) is 5. The van der Waals surface area contributed by atoms with Gasteiger partial charge in [-0.25, -0.2) is 0 Å². The number of alkyl halides is 3. The molecule has 2 aromatic carbocycles. The number of pyridine rings is 1. The predicted molar refractivity (Wildman–Crippen MR) is 123 cm³/mol. The average Bonchev–Trinajstić information content (AvgIpc) is 2.83. The van der Waals surface area contributed by atoms with Crippen molar-refractivity contribution in [1.29, 1.82) is 0 Å². The van der Waals surface area contributed by atoms with E-state index in [2.05, 4.69) is 9.88 Å². The molecule has 0 aliphatic carbocycles. The van der Waals surface area contributed by atoms with Gasteiger partial charge in [0.2, 0.25) is 0 Å². The Morgan fingerprint density at radius 1 is 0.879 bits per heavy atom. The van der Waals surface area contributed by atoms with Crippen molar-refractivity contribution in [2.75, 3.05) is 32.2 Å². The molecule has 1 aliphatic rings. The Balaban J connectivity index is 1.88. The summed E-state index contributed by atoms with van der Waals surface area (Å²) in [4.78, 5) is 6.67. The summed E-state index contributed by atoms with van der Waals surface area (Å²) in [6, 6.07) is 10.9. The van der Waals surface area contributed by atoms with Gasteiger partial charge in [-0.15, -0.1) is 0 Å². The fourth-order valence-corrected chi connectivity index (χ4v) is 4.14. The van der Waals surface area contributed by atoms with Crippen LogP contribution in [0.25, 0.3) is 22.3 Å². The van der Waals surface area contributed by atoms with Crippen molar-refractivity contribution in [3.8, 4) is 33.8 Å². The van der Waals surface area contributed by atoms with Crippen LogP contribution in [0.3, 0.4) is 0 Å². The summed E-state index contributed by atoms with van der Waals surface area (Å²) in [5, 5.41) is 0. The van der Waals surface area contributed by atoms with Crippen LogP contribution in [0.4, 0.5) is 18.9 Å². The van der Waals surface area contributed by atoms with Gasteiger partial charge in [0.15, 0.2) is 0 Å². The minimum atomic E-state index is -4.39. The molecule has 0 saturated carbocycles. The van der Waals surface area contributed by atoms with Crippen molar-refractivity contribution >= 4 is 5.69 Å². The van der Waals surface area contributed by atoms with E-state index < -0.39 is 11.7 Å². The van der Waals surface area contributed by atoms with E-state index in [4.69, 9.17) is 15.2 Å². The maximum Gasteiger partial charge on any atom is 0.416 e. The highest BCUT2D eigenvalue weighted by molar-refractivity contribution is 5.91. The summed E-state index contributed by atoms with van der Waals surface area (Å²) in [5.74, 6) is 1.27. The van der Waals surface area contributed by atoms with Crippen LogP contribution in [-0.4, -0.2) is 38.3 Å². The molecule has 0 bridgehead atoms. The summed E-state index contributed by atoms with van der Waals surface area (Å²) < 4.78 is 50.2. The van der Waals surface area contributed by atoms with Crippen molar-refractivity contribution < 1.29 is 22.6 Å². The highest BCUT2D eigenvalue weighted by Gasteiger charge is 2.30. The first kappa shape index (κ1) is 22.9. The Labute approximate surface area is 191 Å². The number of rotatable bonds is 5. The third-order valence-corrected chi connectivity index (χ3v) is 5.96. The second-order valence-electron chi connectivity index (χ2n) is 8.08. The molecule has 1 fully saturated rings. The number of ether oxygens (including phenoxy) is 2. The maximum atomic E-state index is 13.1. The van der Waals surface area contributed by atoms with Crippen molar-refractivity contribution in [2.24, 2.45) is 5.73 Å². The number of hydrogen-bond donors (Lipinski definition) is 1. The third-order valence-electron chi connectivity index (χ3n) is 5.96. The molecule has 0 spiro atoms. The Morgan fingerprint density at radius 3 is 1.94 bits per heavy atom. The van der Waals surface area contributed by atoms with E-state index in [1.807, 2.05) is 12.1 Å². The van der Waals surface area contributed by atoms with Gasteiger partial charge < -0.3 is 20.1 Å². The molecule has 2 heterocycles. The Bertz CT molecular complexity index is 1090. The summed E-state index contributed by atoms with van der Waals surface area (Å²) in [6.45, 7) is 1.49. The molecular weight excluding hydrogens is 431 g/mol. The molecule has 0 radical (unpaired) electrons. The van der Waals surface area contributed by atoms with Crippen LogP contribution in [0, 0.1) is 0 Å². The van der Waals surface area contributed by atoms with E-state index in [0.29, 0.717) is 17.1 Å². The molecule has 33 heavy (non-hydrogen) atoms. The fourth-order valence-electron chi connectivity index (χ4n) is 4.14. The molecule has 0 amide bonds. The minimum absolute atomic E-state index is 0.137. The Kier molecular flexibility index (Phi) is 6.47. The highest BCUT2D eigenvalue weighted by atomic mass is 19.4. The van der Waals surface area contributed by atoms with Crippen LogP contribution in [0.2, 0.25) is 0 Å². The van der Waals surface area contributed by atoms with Crippen LogP contribution in [0.5, 0.6) is 11.5 Å². The molecule has 5 nitrogen and oxygen atoms in total. The monoisotopic (exact) mass is 457 g/mol. The molecule has 4 rings (SSSR count). The molecule has 0 unspecified atom stereocenters. The zero-order valence-corrected chi connectivity index (χ0v) is 18.5. The third kappa shape index (κ3) is 4.90. The number of nitrogens with two attached hydrogens (primary N) is 1. The number of aromatic nitrogens is 1. The standard InChI is InChI=1S/C25H26F3N3O2/c1-32-20-11-17(12-21(13-20)33-2)23-15-30-14-22(24(23)31-9-7-19(29)8-10-31)16-3-5-18(6-4-16)25(26,27)28/h3-6,11-15,19H,7-10,29H2,1-2H3. The molecule has 3 aromatic rings. The van der Waals surface area contributed by atoms with Gasteiger partial charge in [-0.05, 0) is 48.2 Å². The van der Waals surface area contributed by atoms with E-state index in [0.717, 1.165) is 60.4 Å². The number of anilines is 1. The lowest BCUT2D eigenvalue weighted by atomic mass is 9.95. The van der Waals surface area contributed by atoms with Gasteiger partial charge >= 0.3 is 6.18 Å². The first-order valence-electron chi connectivity index (χ1n) is 10.7. The van der Waals surface area contributed by atoms with Crippen molar-refractivity contribution in [3.63, 3.8) is 0 Å². The molecule has 1 aromatic heterocycles. The van der Waals surface area contributed by atoms with E-state index in [1.54, 1.807) is 32.7 Å². The van der Waals surface area contributed by atoms with Gasteiger partial charge in [-0.1, -0.05) is 12.1 Å². The highest BCUT2D eigenvalue weighted by Crippen LogP contribution is 2.42. The second kappa shape index (κ2) is 9.31. The lowest BCUT2D eigenvalue weighted by Gasteiger charge is -2.35. The van der Waals surface area contributed by atoms with Gasteiger partial charge in [-0.2, -0.15) is 13.2 Å². The summed E-state index contributed by atoms with van der Waals surface area (Å²) in [7, 11) is 3.17. The number of methoxy groups -OCH3 is 2. The van der Waals surface area contributed by atoms with Crippen LogP contribution in [-0.2, 0) is 6.18 Å². The number of piperidine rings is 1. The normalized spacial score (nSPS) is 14.9.